The molecule has 21 heavy (non-hydrogen) atoms. The van der Waals surface area contributed by atoms with Crippen molar-refractivity contribution in [3.8, 4) is 0 Å². The van der Waals surface area contributed by atoms with Crippen LogP contribution in [0.4, 0.5) is 13.2 Å². The first-order chi connectivity index (χ1) is 9.81. The summed E-state index contributed by atoms with van der Waals surface area (Å²) in [7, 11) is 3.39. The number of nitrogens with zero attached hydrogens (tertiary/aromatic N) is 2. The van der Waals surface area contributed by atoms with Gasteiger partial charge >= 0.3 is 12.1 Å². The van der Waals surface area contributed by atoms with Crippen LogP contribution in [-0.2, 0) is 14.3 Å². The highest BCUT2D eigenvalue weighted by molar-refractivity contribution is 5.71. The Kier molecular flexibility index (Phi) is 7.41. The highest BCUT2D eigenvalue weighted by Gasteiger charge is 2.35. The summed E-state index contributed by atoms with van der Waals surface area (Å²) in [4.78, 5) is 14.9. The molecule has 0 N–H and O–H groups in total. The maximum absolute atomic E-state index is 12.7. The predicted octanol–water partition coefficient (Wildman–Crippen LogP) is 1.13. The summed E-state index contributed by atoms with van der Waals surface area (Å²) in [5.74, 6) is -0.643. The molecule has 0 amide bonds. The molecule has 0 aromatic heterocycles. The Bertz CT molecular complexity index is 318. The van der Waals surface area contributed by atoms with Gasteiger partial charge in [0.15, 0.2) is 0 Å². The van der Waals surface area contributed by atoms with Crippen LogP contribution >= 0.6 is 0 Å². The summed E-state index contributed by atoms with van der Waals surface area (Å²) in [5, 5.41) is 0. The van der Waals surface area contributed by atoms with Gasteiger partial charge in [-0.2, -0.15) is 13.2 Å². The molecule has 0 bridgehead atoms. The van der Waals surface area contributed by atoms with Crippen LogP contribution in [0, 0.1) is 0 Å². The van der Waals surface area contributed by atoms with Crippen LogP contribution in [0.25, 0.3) is 0 Å². The summed E-state index contributed by atoms with van der Waals surface area (Å²) >= 11 is 0. The molecule has 0 saturated carbocycles. The zero-order chi connectivity index (χ0) is 15.9. The Hall–Kier alpha value is -0.860. The van der Waals surface area contributed by atoms with Crippen molar-refractivity contribution in [3.05, 3.63) is 0 Å². The first kappa shape index (κ1) is 18.2. The van der Waals surface area contributed by atoms with E-state index in [-0.39, 0.29) is 25.8 Å². The van der Waals surface area contributed by atoms with Crippen molar-refractivity contribution in [2.75, 3.05) is 53.6 Å². The van der Waals surface area contributed by atoms with E-state index in [0.717, 1.165) is 13.1 Å². The summed E-state index contributed by atoms with van der Waals surface area (Å²) in [6.07, 6.45) is -3.08. The largest absolute Gasteiger partial charge is 0.462 e. The molecule has 0 atom stereocenters. The fourth-order valence-corrected chi connectivity index (χ4v) is 2.35. The molecule has 5 nitrogen and oxygen atoms in total. The second-order valence-electron chi connectivity index (χ2n) is 5.27. The van der Waals surface area contributed by atoms with Crippen molar-refractivity contribution >= 4 is 5.97 Å². The number of rotatable bonds is 7. The third-order valence-corrected chi connectivity index (χ3v) is 3.47. The number of piperidine rings is 1. The number of halogens is 3. The van der Waals surface area contributed by atoms with E-state index in [0.29, 0.717) is 12.8 Å². The van der Waals surface area contributed by atoms with Gasteiger partial charge in [-0.1, -0.05) is 0 Å². The van der Waals surface area contributed by atoms with Crippen LogP contribution in [-0.4, -0.2) is 81.5 Å². The minimum absolute atomic E-state index is 0.0581. The average Bonchev–Trinajstić information content (AvgIpc) is 2.37. The Morgan fingerprint density at radius 1 is 1.29 bits per heavy atom. The SMILES string of the molecule is COCCOC(=O)CN(CC(F)(F)F)C1CCN(C)CC1. The Balaban J connectivity index is 2.53. The van der Waals surface area contributed by atoms with Crippen LogP contribution in [0.2, 0.25) is 0 Å². The summed E-state index contributed by atoms with van der Waals surface area (Å²) < 4.78 is 47.6. The lowest BCUT2D eigenvalue weighted by molar-refractivity contribution is -0.163. The second kappa shape index (κ2) is 8.55. The van der Waals surface area contributed by atoms with Crippen molar-refractivity contribution in [3.63, 3.8) is 0 Å². The number of methoxy groups -OCH3 is 1. The number of ether oxygens (including phenoxy) is 2. The molecule has 0 aliphatic carbocycles. The summed E-state index contributed by atoms with van der Waals surface area (Å²) in [5.41, 5.74) is 0. The molecule has 8 heteroatoms. The van der Waals surface area contributed by atoms with E-state index in [1.807, 2.05) is 7.05 Å². The highest BCUT2D eigenvalue weighted by atomic mass is 19.4. The van der Waals surface area contributed by atoms with Gasteiger partial charge in [0.2, 0.25) is 0 Å². The lowest BCUT2D eigenvalue weighted by atomic mass is 10.0. The first-order valence-electron chi connectivity index (χ1n) is 6.95. The van der Waals surface area contributed by atoms with Crippen molar-refractivity contribution in [2.24, 2.45) is 0 Å². The van der Waals surface area contributed by atoms with Crippen molar-refractivity contribution in [1.29, 1.82) is 0 Å². The third-order valence-electron chi connectivity index (χ3n) is 3.47. The second-order valence-corrected chi connectivity index (χ2v) is 5.27. The number of carbonyl (C=O) groups is 1. The minimum Gasteiger partial charge on any atom is -0.462 e. The highest BCUT2D eigenvalue weighted by Crippen LogP contribution is 2.22. The molecule has 0 spiro atoms. The van der Waals surface area contributed by atoms with Gasteiger partial charge in [-0.25, -0.2) is 0 Å². The number of carbonyl (C=O) groups excluding carboxylic acids is 1. The third kappa shape index (κ3) is 7.63. The maximum Gasteiger partial charge on any atom is 0.401 e. The lowest BCUT2D eigenvalue weighted by Crippen LogP contribution is -2.49. The van der Waals surface area contributed by atoms with Gasteiger partial charge in [0.25, 0.3) is 0 Å². The Labute approximate surface area is 123 Å². The van der Waals surface area contributed by atoms with Gasteiger partial charge in [0.1, 0.15) is 6.61 Å². The molecule has 1 fully saturated rings. The van der Waals surface area contributed by atoms with E-state index >= 15 is 0 Å². The number of hydrogen-bond acceptors (Lipinski definition) is 5. The molecule has 0 aromatic rings. The fraction of sp³-hybridized carbons (Fsp3) is 0.923. The van der Waals surface area contributed by atoms with E-state index in [9.17, 15) is 18.0 Å². The van der Waals surface area contributed by atoms with Gasteiger partial charge in [0.05, 0.1) is 19.7 Å². The van der Waals surface area contributed by atoms with Gasteiger partial charge in [-0.3, -0.25) is 9.69 Å². The summed E-state index contributed by atoms with van der Waals surface area (Å²) in [6, 6.07) is -0.238. The first-order valence-corrected chi connectivity index (χ1v) is 6.95. The van der Waals surface area contributed by atoms with E-state index < -0.39 is 18.7 Å². The monoisotopic (exact) mass is 312 g/mol. The average molecular weight is 312 g/mol. The van der Waals surface area contributed by atoms with Gasteiger partial charge in [0, 0.05) is 13.2 Å². The lowest BCUT2D eigenvalue weighted by Gasteiger charge is -2.37. The smallest absolute Gasteiger partial charge is 0.401 e. The molecule has 124 valence electrons. The maximum atomic E-state index is 12.7. The summed E-state index contributed by atoms with van der Waals surface area (Å²) in [6.45, 7) is 0.343. The number of alkyl halides is 3. The zero-order valence-corrected chi connectivity index (χ0v) is 12.5. The standard InChI is InChI=1S/C13H23F3N2O3/c1-17-5-3-11(4-6-17)18(10-13(14,15)16)9-12(19)21-8-7-20-2/h11H,3-10H2,1-2H3. The van der Waals surface area contributed by atoms with Crippen molar-refractivity contribution in [2.45, 2.75) is 25.1 Å². The van der Waals surface area contributed by atoms with E-state index in [4.69, 9.17) is 9.47 Å². The molecular formula is C13H23F3N2O3. The topological polar surface area (TPSA) is 42.0 Å². The Morgan fingerprint density at radius 3 is 2.43 bits per heavy atom. The number of likely N-dealkylation sites (tertiary alicyclic amines) is 1. The molecule has 0 unspecified atom stereocenters. The molecule has 1 aliphatic rings. The fourth-order valence-electron chi connectivity index (χ4n) is 2.35. The van der Waals surface area contributed by atoms with Crippen LogP contribution in [0.1, 0.15) is 12.8 Å². The van der Waals surface area contributed by atoms with E-state index in [2.05, 4.69) is 4.90 Å². The Morgan fingerprint density at radius 2 is 1.90 bits per heavy atom. The van der Waals surface area contributed by atoms with Crippen molar-refractivity contribution < 1.29 is 27.4 Å². The van der Waals surface area contributed by atoms with Crippen LogP contribution < -0.4 is 0 Å². The van der Waals surface area contributed by atoms with Gasteiger partial charge < -0.3 is 14.4 Å². The minimum atomic E-state index is -4.32. The predicted molar refractivity (Wildman–Crippen MR) is 71.0 cm³/mol. The van der Waals surface area contributed by atoms with Crippen LogP contribution in [0.3, 0.4) is 0 Å². The van der Waals surface area contributed by atoms with Crippen LogP contribution in [0.15, 0.2) is 0 Å². The molecule has 1 saturated heterocycles. The molecule has 1 rings (SSSR count). The molecule has 1 aliphatic heterocycles. The number of hydrogen-bond donors (Lipinski definition) is 0. The molecular weight excluding hydrogens is 289 g/mol. The number of esters is 1. The van der Waals surface area contributed by atoms with Gasteiger partial charge in [-0.15, -0.1) is 0 Å². The van der Waals surface area contributed by atoms with E-state index in [1.54, 1.807) is 0 Å². The zero-order valence-electron chi connectivity index (χ0n) is 12.5. The van der Waals surface area contributed by atoms with Gasteiger partial charge in [-0.05, 0) is 33.0 Å². The molecule has 0 radical (unpaired) electrons. The van der Waals surface area contributed by atoms with Crippen molar-refractivity contribution in [1.82, 2.24) is 9.80 Å². The van der Waals surface area contributed by atoms with Crippen LogP contribution in [0.5, 0.6) is 0 Å². The molecule has 1 heterocycles. The normalized spacial score (nSPS) is 18.2. The van der Waals surface area contributed by atoms with E-state index in [1.165, 1.54) is 12.0 Å². The quantitative estimate of drug-likeness (QED) is 0.521. The molecule has 0 aromatic carbocycles.